The summed E-state index contributed by atoms with van der Waals surface area (Å²) in [5.74, 6) is 1.07. The van der Waals surface area contributed by atoms with Gasteiger partial charge in [-0.3, -0.25) is 9.69 Å². The summed E-state index contributed by atoms with van der Waals surface area (Å²) in [5.41, 5.74) is 2.07. The normalized spacial score (nSPS) is 18.6. The summed E-state index contributed by atoms with van der Waals surface area (Å²) in [6, 6.07) is 8.62. The molecule has 1 unspecified atom stereocenters. The van der Waals surface area contributed by atoms with Crippen LogP contribution in [0.4, 0.5) is 0 Å². The zero-order chi connectivity index (χ0) is 17.3. The van der Waals surface area contributed by atoms with E-state index in [1.807, 2.05) is 32.3 Å². The van der Waals surface area contributed by atoms with Crippen LogP contribution in [-0.4, -0.2) is 77.0 Å². The number of amides is 1. The fourth-order valence-electron chi connectivity index (χ4n) is 3.33. The van der Waals surface area contributed by atoms with Crippen molar-refractivity contribution >= 4 is 16.9 Å². The molecule has 24 heavy (non-hydrogen) atoms. The van der Waals surface area contributed by atoms with E-state index in [4.69, 9.17) is 0 Å². The highest BCUT2D eigenvalue weighted by molar-refractivity contribution is 5.78. The number of likely N-dealkylation sites (tertiary alicyclic amines) is 1. The topological polar surface area (TPSA) is 44.6 Å². The highest BCUT2D eigenvalue weighted by Gasteiger charge is 2.26. The van der Waals surface area contributed by atoms with E-state index in [9.17, 15) is 4.79 Å². The summed E-state index contributed by atoms with van der Waals surface area (Å²) in [5, 5.41) is 0. The minimum Gasteiger partial charge on any atom is -0.337 e. The first-order chi connectivity index (χ1) is 11.5. The second kappa shape index (κ2) is 6.91. The number of fused-ring (bicyclic) bond motifs is 1. The van der Waals surface area contributed by atoms with Crippen molar-refractivity contribution in [3.8, 4) is 0 Å². The van der Waals surface area contributed by atoms with Crippen molar-refractivity contribution in [3.63, 3.8) is 0 Å². The first kappa shape index (κ1) is 16.9. The van der Waals surface area contributed by atoms with Crippen molar-refractivity contribution in [1.29, 1.82) is 0 Å². The molecule has 1 saturated heterocycles. The van der Waals surface area contributed by atoms with Gasteiger partial charge in [-0.1, -0.05) is 12.1 Å². The van der Waals surface area contributed by atoms with E-state index in [1.54, 1.807) is 4.90 Å². The Bertz CT molecular complexity index is 723. The van der Waals surface area contributed by atoms with Gasteiger partial charge in [0.2, 0.25) is 5.91 Å². The van der Waals surface area contributed by atoms with E-state index in [0.717, 1.165) is 36.4 Å². The van der Waals surface area contributed by atoms with Crippen LogP contribution in [0.2, 0.25) is 0 Å². The summed E-state index contributed by atoms with van der Waals surface area (Å²) >= 11 is 0. The minimum absolute atomic E-state index is 0.154. The van der Waals surface area contributed by atoms with Crippen molar-refractivity contribution in [3.05, 3.63) is 30.1 Å². The molecule has 1 aliphatic heterocycles. The molecule has 0 radical (unpaired) electrons. The van der Waals surface area contributed by atoms with Gasteiger partial charge in [-0.2, -0.15) is 0 Å². The SMILES string of the molecule is CN(Cc1nc2ccccc2n1C)C(=O)CN1CCC(N(C)C)C1. The molecule has 0 bridgehead atoms. The molecule has 1 aliphatic rings. The zero-order valence-corrected chi connectivity index (χ0v) is 15.1. The van der Waals surface area contributed by atoms with Gasteiger partial charge in [0.05, 0.1) is 24.1 Å². The maximum atomic E-state index is 12.5. The lowest BCUT2D eigenvalue weighted by atomic mass is 10.2. The summed E-state index contributed by atoms with van der Waals surface area (Å²) in [6.07, 6.45) is 1.13. The number of aryl methyl sites for hydroxylation is 1. The molecule has 2 heterocycles. The zero-order valence-electron chi connectivity index (χ0n) is 15.1. The van der Waals surface area contributed by atoms with Crippen LogP contribution in [0.3, 0.4) is 0 Å². The van der Waals surface area contributed by atoms with E-state index in [2.05, 4.69) is 39.5 Å². The van der Waals surface area contributed by atoms with Crippen molar-refractivity contribution in [1.82, 2.24) is 24.3 Å². The molecule has 6 heteroatoms. The number of para-hydroxylation sites is 2. The first-order valence-electron chi connectivity index (χ1n) is 8.49. The van der Waals surface area contributed by atoms with Gasteiger partial charge in [-0.25, -0.2) is 4.98 Å². The summed E-state index contributed by atoms with van der Waals surface area (Å²) in [7, 11) is 8.08. The molecule has 6 nitrogen and oxygen atoms in total. The van der Waals surface area contributed by atoms with Crippen molar-refractivity contribution < 1.29 is 4.79 Å². The Morgan fingerprint density at radius 2 is 2.04 bits per heavy atom. The summed E-state index contributed by atoms with van der Waals surface area (Å²) in [4.78, 5) is 23.5. The first-order valence-corrected chi connectivity index (χ1v) is 8.49. The number of hydrogen-bond donors (Lipinski definition) is 0. The van der Waals surface area contributed by atoms with Gasteiger partial charge in [-0.15, -0.1) is 0 Å². The Labute approximate surface area is 143 Å². The molecule has 0 saturated carbocycles. The molecule has 130 valence electrons. The maximum absolute atomic E-state index is 12.5. The quantitative estimate of drug-likeness (QED) is 0.826. The molecule has 1 aromatic carbocycles. The number of carbonyl (C=O) groups excluding carboxylic acids is 1. The van der Waals surface area contributed by atoms with Crippen molar-refractivity contribution in [2.24, 2.45) is 7.05 Å². The molecule has 0 aliphatic carbocycles. The largest absolute Gasteiger partial charge is 0.337 e. The van der Waals surface area contributed by atoms with Gasteiger partial charge >= 0.3 is 0 Å². The number of carbonyl (C=O) groups is 1. The summed E-state index contributed by atoms with van der Waals surface area (Å²) in [6.45, 7) is 2.99. The van der Waals surface area contributed by atoms with E-state index in [-0.39, 0.29) is 5.91 Å². The fraction of sp³-hybridized carbons (Fsp3) is 0.556. The molecule has 2 aromatic rings. The van der Waals surface area contributed by atoms with Crippen LogP contribution in [0.5, 0.6) is 0 Å². The number of likely N-dealkylation sites (N-methyl/N-ethyl adjacent to an activating group) is 2. The van der Waals surface area contributed by atoms with E-state index in [1.165, 1.54) is 0 Å². The third-order valence-electron chi connectivity index (χ3n) is 5.02. The second-order valence-corrected chi connectivity index (χ2v) is 6.97. The monoisotopic (exact) mass is 329 g/mol. The Hall–Kier alpha value is -1.92. The average Bonchev–Trinajstić information content (AvgIpc) is 3.13. The fourth-order valence-corrected chi connectivity index (χ4v) is 3.33. The molecular formula is C18H27N5O. The highest BCUT2D eigenvalue weighted by atomic mass is 16.2. The van der Waals surface area contributed by atoms with E-state index in [0.29, 0.717) is 19.1 Å². The van der Waals surface area contributed by atoms with Gasteiger partial charge in [0, 0.05) is 33.2 Å². The number of nitrogens with zero attached hydrogens (tertiary/aromatic N) is 5. The number of aromatic nitrogens is 2. The number of imidazole rings is 1. The van der Waals surface area contributed by atoms with Gasteiger partial charge < -0.3 is 14.4 Å². The average molecular weight is 329 g/mol. The van der Waals surface area contributed by atoms with Gasteiger partial charge in [0.25, 0.3) is 0 Å². The van der Waals surface area contributed by atoms with Crippen molar-refractivity contribution in [2.75, 3.05) is 40.8 Å². The van der Waals surface area contributed by atoms with Crippen LogP contribution >= 0.6 is 0 Å². The molecule has 0 spiro atoms. The maximum Gasteiger partial charge on any atom is 0.236 e. The second-order valence-electron chi connectivity index (χ2n) is 6.97. The molecule has 1 amide bonds. The van der Waals surface area contributed by atoms with Gasteiger partial charge in [-0.05, 0) is 32.6 Å². The predicted octanol–water partition coefficient (Wildman–Crippen LogP) is 1.17. The van der Waals surface area contributed by atoms with E-state index < -0.39 is 0 Å². The number of hydrogen-bond acceptors (Lipinski definition) is 4. The molecule has 1 aromatic heterocycles. The molecule has 3 rings (SSSR count). The van der Waals surface area contributed by atoms with Crippen LogP contribution in [0.15, 0.2) is 24.3 Å². The third kappa shape index (κ3) is 3.44. The molecule has 0 N–H and O–H groups in total. The van der Waals surface area contributed by atoms with Crippen LogP contribution in [0, 0.1) is 0 Å². The Balaban J connectivity index is 1.61. The van der Waals surface area contributed by atoms with Gasteiger partial charge in [0.1, 0.15) is 5.82 Å². The van der Waals surface area contributed by atoms with Crippen LogP contribution < -0.4 is 0 Å². The van der Waals surface area contributed by atoms with Gasteiger partial charge in [0.15, 0.2) is 0 Å². The Kier molecular flexibility index (Phi) is 4.87. The standard InChI is InChI=1S/C18H27N5O/c1-20(2)14-9-10-23(11-14)13-18(24)21(3)12-17-19-15-7-5-6-8-16(15)22(17)4/h5-8,14H,9-13H2,1-4H3. The van der Waals surface area contributed by atoms with Crippen LogP contribution in [0.1, 0.15) is 12.2 Å². The molecular weight excluding hydrogens is 302 g/mol. The molecule has 1 atom stereocenters. The lowest BCUT2D eigenvalue weighted by molar-refractivity contribution is -0.131. The van der Waals surface area contributed by atoms with E-state index >= 15 is 0 Å². The summed E-state index contributed by atoms with van der Waals surface area (Å²) < 4.78 is 2.07. The minimum atomic E-state index is 0.154. The number of benzene rings is 1. The lowest BCUT2D eigenvalue weighted by Gasteiger charge is -2.23. The Morgan fingerprint density at radius 3 is 2.71 bits per heavy atom. The highest BCUT2D eigenvalue weighted by Crippen LogP contribution is 2.16. The predicted molar refractivity (Wildman–Crippen MR) is 95.7 cm³/mol. The third-order valence-corrected chi connectivity index (χ3v) is 5.02. The van der Waals surface area contributed by atoms with Crippen molar-refractivity contribution in [2.45, 2.75) is 19.0 Å². The van der Waals surface area contributed by atoms with Crippen LogP contribution in [-0.2, 0) is 18.4 Å². The Morgan fingerprint density at radius 1 is 1.29 bits per heavy atom. The van der Waals surface area contributed by atoms with Crippen LogP contribution in [0.25, 0.3) is 11.0 Å². The molecule has 1 fully saturated rings. The number of rotatable bonds is 5. The lowest BCUT2D eigenvalue weighted by Crippen LogP contribution is -2.39. The smallest absolute Gasteiger partial charge is 0.236 e.